The molecule has 18 heavy (non-hydrogen) atoms. The maximum Gasteiger partial charge on any atom is 0.121 e. The Morgan fingerprint density at radius 2 is 2.22 bits per heavy atom. The van der Waals surface area contributed by atoms with E-state index < -0.39 is 0 Å². The summed E-state index contributed by atoms with van der Waals surface area (Å²) in [5, 5.41) is 14.4. The van der Waals surface area contributed by atoms with Crippen molar-refractivity contribution in [3.63, 3.8) is 0 Å². The molecular weight excluding hydrogens is 244 g/mol. The molecule has 2 aromatic rings. The molecule has 1 aromatic heterocycles. The Labute approximate surface area is 111 Å². The molecule has 0 spiro atoms. The molecule has 0 fully saturated rings. The van der Waals surface area contributed by atoms with Crippen molar-refractivity contribution in [3.05, 3.63) is 45.6 Å². The van der Waals surface area contributed by atoms with Gasteiger partial charge in [-0.3, -0.25) is 0 Å². The van der Waals surface area contributed by atoms with Crippen LogP contribution in [0.4, 0.5) is 5.69 Å². The highest BCUT2D eigenvalue weighted by atomic mass is 32.1. The summed E-state index contributed by atoms with van der Waals surface area (Å²) in [4.78, 5) is 1.28. The second kappa shape index (κ2) is 5.56. The summed E-state index contributed by atoms with van der Waals surface area (Å²) >= 11 is 1.72. The molecule has 0 amide bonds. The zero-order chi connectivity index (χ0) is 13.0. The van der Waals surface area contributed by atoms with Crippen LogP contribution >= 0.6 is 11.3 Å². The number of benzene rings is 1. The van der Waals surface area contributed by atoms with Crippen molar-refractivity contribution < 1.29 is 4.74 Å². The normalized spacial score (nSPS) is 9.83. The van der Waals surface area contributed by atoms with Gasteiger partial charge in [0.2, 0.25) is 0 Å². The van der Waals surface area contributed by atoms with Gasteiger partial charge in [0.1, 0.15) is 11.8 Å². The minimum absolute atomic E-state index is 0.630. The molecule has 0 aliphatic rings. The van der Waals surface area contributed by atoms with E-state index in [1.807, 2.05) is 6.07 Å². The first-order valence-corrected chi connectivity index (χ1v) is 6.47. The molecular formula is C14H14N2OS. The number of hydrogen-bond donors (Lipinski definition) is 1. The molecule has 92 valence electrons. The number of aryl methyl sites for hydroxylation is 1. The molecule has 1 aromatic carbocycles. The zero-order valence-electron chi connectivity index (χ0n) is 10.4. The van der Waals surface area contributed by atoms with E-state index in [2.05, 4.69) is 29.8 Å². The van der Waals surface area contributed by atoms with E-state index in [4.69, 9.17) is 10.00 Å². The second-order valence-electron chi connectivity index (χ2n) is 3.90. The van der Waals surface area contributed by atoms with Crippen LogP contribution in [0, 0.1) is 18.3 Å². The summed E-state index contributed by atoms with van der Waals surface area (Å²) < 4.78 is 5.17. The predicted molar refractivity (Wildman–Crippen MR) is 74.1 cm³/mol. The molecule has 4 heteroatoms. The molecule has 0 saturated heterocycles. The van der Waals surface area contributed by atoms with E-state index in [0.717, 1.165) is 18.0 Å². The number of anilines is 1. The van der Waals surface area contributed by atoms with Crippen LogP contribution < -0.4 is 10.1 Å². The van der Waals surface area contributed by atoms with Gasteiger partial charge in [0.05, 0.1) is 18.4 Å². The molecule has 2 rings (SSSR count). The van der Waals surface area contributed by atoms with E-state index >= 15 is 0 Å². The van der Waals surface area contributed by atoms with Crippen LogP contribution in [0.25, 0.3) is 0 Å². The average Bonchev–Trinajstić information content (AvgIpc) is 2.81. The highest BCUT2D eigenvalue weighted by molar-refractivity contribution is 7.10. The maximum atomic E-state index is 9.07. The van der Waals surface area contributed by atoms with Crippen molar-refractivity contribution in [1.29, 1.82) is 5.26 Å². The number of nitriles is 1. The minimum atomic E-state index is 0.630. The monoisotopic (exact) mass is 258 g/mol. The van der Waals surface area contributed by atoms with Crippen LogP contribution in [-0.4, -0.2) is 7.11 Å². The number of hydrogen-bond acceptors (Lipinski definition) is 4. The Hall–Kier alpha value is -1.99. The number of thiophene rings is 1. The quantitative estimate of drug-likeness (QED) is 0.912. The highest BCUT2D eigenvalue weighted by Gasteiger charge is 2.05. The van der Waals surface area contributed by atoms with E-state index in [1.54, 1.807) is 30.6 Å². The van der Waals surface area contributed by atoms with E-state index in [-0.39, 0.29) is 0 Å². The van der Waals surface area contributed by atoms with Crippen molar-refractivity contribution in [2.24, 2.45) is 0 Å². The van der Waals surface area contributed by atoms with Crippen LogP contribution in [0.1, 0.15) is 16.0 Å². The van der Waals surface area contributed by atoms with Gasteiger partial charge in [0.25, 0.3) is 0 Å². The first-order chi connectivity index (χ1) is 8.74. The number of rotatable bonds is 4. The molecule has 0 atom stereocenters. The van der Waals surface area contributed by atoms with Gasteiger partial charge >= 0.3 is 0 Å². The molecule has 1 heterocycles. The summed E-state index contributed by atoms with van der Waals surface area (Å²) in [5.74, 6) is 0.749. The lowest BCUT2D eigenvalue weighted by Gasteiger charge is -2.09. The van der Waals surface area contributed by atoms with Crippen molar-refractivity contribution in [1.82, 2.24) is 0 Å². The van der Waals surface area contributed by atoms with Gasteiger partial charge in [0.15, 0.2) is 0 Å². The van der Waals surface area contributed by atoms with E-state index in [1.165, 1.54) is 10.4 Å². The summed E-state index contributed by atoms with van der Waals surface area (Å²) in [5.41, 5.74) is 2.71. The van der Waals surface area contributed by atoms with Gasteiger partial charge in [-0.05, 0) is 36.1 Å². The van der Waals surface area contributed by atoms with Gasteiger partial charge in [-0.2, -0.15) is 5.26 Å². The lowest BCUT2D eigenvalue weighted by Crippen LogP contribution is -2.01. The zero-order valence-corrected chi connectivity index (χ0v) is 11.2. The number of nitrogens with one attached hydrogen (secondary N) is 1. The van der Waals surface area contributed by atoms with Crippen LogP contribution in [-0.2, 0) is 6.54 Å². The molecule has 0 radical (unpaired) electrons. The standard InChI is InChI=1S/C14H14N2OS/c1-10-5-6-18-14(10)9-16-13-7-12(17-2)4-3-11(13)8-15/h3-7,16H,9H2,1-2H3. The van der Waals surface area contributed by atoms with Gasteiger partial charge in [0, 0.05) is 17.5 Å². The maximum absolute atomic E-state index is 9.07. The minimum Gasteiger partial charge on any atom is -0.497 e. The molecule has 3 nitrogen and oxygen atoms in total. The number of ether oxygens (including phenoxy) is 1. The first kappa shape index (κ1) is 12.5. The number of nitrogens with zero attached hydrogens (tertiary/aromatic N) is 1. The summed E-state index contributed by atoms with van der Waals surface area (Å²) in [6.07, 6.45) is 0. The number of methoxy groups -OCH3 is 1. The fourth-order valence-corrected chi connectivity index (χ4v) is 2.50. The van der Waals surface area contributed by atoms with Gasteiger partial charge in [-0.15, -0.1) is 11.3 Å². The Kier molecular flexibility index (Phi) is 3.85. The van der Waals surface area contributed by atoms with E-state index in [9.17, 15) is 0 Å². The van der Waals surface area contributed by atoms with Gasteiger partial charge in [-0.1, -0.05) is 0 Å². The second-order valence-corrected chi connectivity index (χ2v) is 4.90. The molecule has 0 unspecified atom stereocenters. The van der Waals surface area contributed by atoms with Crippen LogP contribution in [0.3, 0.4) is 0 Å². The lowest BCUT2D eigenvalue weighted by molar-refractivity contribution is 0.415. The highest BCUT2D eigenvalue weighted by Crippen LogP contribution is 2.24. The fraction of sp³-hybridized carbons (Fsp3) is 0.214. The molecule has 0 aliphatic heterocycles. The van der Waals surface area contributed by atoms with Crippen molar-refractivity contribution >= 4 is 17.0 Å². The third kappa shape index (κ3) is 2.63. The molecule has 0 saturated carbocycles. The smallest absolute Gasteiger partial charge is 0.121 e. The van der Waals surface area contributed by atoms with E-state index in [0.29, 0.717) is 5.56 Å². The lowest BCUT2D eigenvalue weighted by atomic mass is 10.2. The van der Waals surface area contributed by atoms with Crippen LogP contribution in [0.2, 0.25) is 0 Å². The Balaban J connectivity index is 2.18. The molecule has 0 bridgehead atoms. The average molecular weight is 258 g/mol. The molecule has 0 aliphatic carbocycles. The summed E-state index contributed by atoms with van der Waals surface area (Å²) in [7, 11) is 1.62. The van der Waals surface area contributed by atoms with Crippen LogP contribution in [0.5, 0.6) is 5.75 Å². The van der Waals surface area contributed by atoms with Crippen molar-refractivity contribution in [2.45, 2.75) is 13.5 Å². The third-order valence-corrected chi connectivity index (χ3v) is 3.78. The summed E-state index contributed by atoms with van der Waals surface area (Å²) in [6.45, 7) is 2.82. The molecule has 1 N–H and O–H groups in total. The largest absolute Gasteiger partial charge is 0.497 e. The van der Waals surface area contributed by atoms with Gasteiger partial charge in [-0.25, -0.2) is 0 Å². The van der Waals surface area contributed by atoms with Crippen molar-refractivity contribution in [2.75, 3.05) is 12.4 Å². The fourth-order valence-electron chi connectivity index (χ4n) is 1.65. The first-order valence-electron chi connectivity index (χ1n) is 5.59. The Morgan fingerprint density at radius 3 is 2.83 bits per heavy atom. The third-order valence-electron chi connectivity index (χ3n) is 2.75. The topological polar surface area (TPSA) is 45.0 Å². The SMILES string of the molecule is COc1ccc(C#N)c(NCc2sccc2C)c1. The van der Waals surface area contributed by atoms with Crippen LogP contribution in [0.15, 0.2) is 29.6 Å². The predicted octanol–water partition coefficient (Wildman–Crippen LogP) is 3.55. The van der Waals surface area contributed by atoms with Crippen molar-refractivity contribution in [3.8, 4) is 11.8 Å². The summed E-state index contributed by atoms with van der Waals surface area (Å²) in [6, 6.07) is 9.68. The van der Waals surface area contributed by atoms with Gasteiger partial charge < -0.3 is 10.1 Å². The Bertz CT molecular complexity index is 584. The Morgan fingerprint density at radius 1 is 1.39 bits per heavy atom.